The number of nitrogens with zero attached hydrogens (tertiary/aromatic N) is 2. The number of benzene rings is 3. The molecule has 6 nitrogen and oxygen atoms in total. The molecule has 0 saturated carbocycles. The summed E-state index contributed by atoms with van der Waals surface area (Å²) in [5.41, 5.74) is 3.30. The number of carbonyl (C=O) groups excluding carboxylic acids is 1. The van der Waals surface area contributed by atoms with Gasteiger partial charge in [-0.05, 0) is 55.3 Å². The molecule has 1 aromatic heterocycles. The number of anilines is 1. The Morgan fingerprint density at radius 2 is 1.74 bits per heavy atom. The van der Waals surface area contributed by atoms with Gasteiger partial charge in [-0.1, -0.05) is 42.5 Å². The molecule has 1 N–H and O–H groups in total. The molecule has 0 radical (unpaired) electrons. The minimum atomic E-state index is -0.940. The van der Waals surface area contributed by atoms with Crippen LogP contribution in [0.15, 0.2) is 83.7 Å². The Balaban J connectivity index is 1.78. The van der Waals surface area contributed by atoms with Gasteiger partial charge in [0.05, 0.1) is 12.8 Å². The molecule has 3 aromatic carbocycles. The van der Waals surface area contributed by atoms with E-state index in [9.17, 15) is 14.0 Å². The molecule has 0 fully saturated rings. The number of hydrogen-bond acceptors (Lipinski definition) is 4. The Labute approximate surface area is 196 Å². The summed E-state index contributed by atoms with van der Waals surface area (Å²) in [6, 6.07) is 21.6. The van der Waals surface area contributed by atoms with E-state index in [2.05, 4.69) is 10.4 Å². The standard InChI is InChI=1S/C27H24FN3O3/c1-17-12-21(28)15-22(13-17)29-27(33)18(2)31-25(32)16-24(19-8-5-4-6-9-19)26(30-31)20-10-7-11-23(14-20)34-3/h4-16,18H,1-3H3,(H,29,33). The van der Waals surface area contributed by atoms with Crippen LogP contribution in [0, 0.1) is 12.7 Å². The highest BCUT2D eigenvalue weighted by molar-refractivity contribution is 5.93. The molecule has 172 valence electrons. The highest BCUT2D eigenvalue weighted by Crippen LogP contribution is 2.31. The minimum absolute atomic E-state index is 0.316. The smallest absolute Gasteiger partial charge is 0.268 e. The van der Waals surface area contributed by atoms with Crippen molar-refractivity contribution < 1.29 is 13.9 Å². The van der Waals surface area contributed by atoms with E-state index in [0.717, 1.165) is 15.8 Å². The number of ether oxygens (including phenoxy) is 1. The molecule has 0 aliphatic carbocycles. The summed E-state index contributed by atoms with van der Waals surface area (Å²) in [7, 11) is 1.58. The van der Waals surface area contributed by atoms with Gasteiger partial charge in [-0.25, -0.2) is 9.07 Å². The van der Waals surface area contributed by atoms with Crippen LogP contribution in [-0.2, 0) is 4.79 Å². The average molecular weight is 458 g/mol. The normalized spacial score (nSPS) is 11.6. The monoisotopic (exact) mass is 457 g/mol. The van der Waals surface area contributed by atoms with Gasteiger partial charge in [-0.15, -0.1) is 0 Å². The SMILES string of the molecule is COc1cccc(-c2nn(C(C)C(=O)Nc3cc(C)cc(F)c3)c(=O)cc2-c2ccccc2)c1. The van der Waals surface area contributed by atoms with Gasteiger partial charge in [-0.2, -0.15) is 5.10 Å². The lowest BCUT2D eigenvalue weighted by molar-refractivity contribution is -0.119. The number of nitrogens with one attached hydrogen (secondary N) is 1. The largest absolute Gasteiger partial charge is 0.497 e. The van der Waals surface area contributed by atoms with E-state index in [0.29, 0.717) is 28.3 Å². The van der Waals surface area contributed by atoms with Crippen molar-refractivity contribution in [1.82, 2.24) is 9.78 Å². The molecule has 0 spiro atoms. The first-order valence-electron chi connectivity index (χ1n) is 10.8. The fourth-order valence-electron chi connectivity index (χ4n) is 3.73. The molecular formula is C27H24FN3O3. The van der Waals surface area contributed by atoms with Crippen molar-refractivity contribution in [1.29, 1.82) is 0 Å². The Kier molecular flexibility index (Phi) is 6.54. The molecule has 0 aliphatic rings. The van der Waals surface area contributed by atoms with Crippen LogP contribution in [0.2, 0.25) is 0 Å². The second kappa shape index (κ2) is 9.70. The summed E-state index contributed by atoms with van der Waals surface area (Å²) in [5.74, 6) is -0.294. The van der Waals surface area contributed by atoms with Crippen molar-refractivity contribution in [3.63, 3.8) is 0 Å². The zero-order valence-electron chi connectivity index (χ0n) is 19.1. The number of hydrogen-bond donors (Lipinski definition) is 1. The van der Waals surface area contributed by atoms with Crippen molar-refractivity contribution in [3.8, 4) is 28.1 Å². The summed E-state index contributed by atoms with van der Waals surface area (Å²) in [5, 5.41) is 7.28. The molecular weight excluding hydrogens is 433 g/mol. The molecule has 1 unspecified atom stereocenters. The molecule has 0 aliphatic heterocycles. The summed E-state index contributed by atoms with van der Waals surface area (Å²) >= 11 is 0. The lowest BCUT2D eigenvalue weighted by Crippen LogP contribution is -2.33. The van der Waals surface area contributed by atoms with E-state index < -0.39 is 23.3 Å². The second-order valence-corrected chi connectivity index (χ2v) is 7.97. The fourth-order valence-corrected chi connectivity index (χ4v) is 3.73. The minimum Gasteiger partial charge on any atom is -0.497 e. The Morgan fingerprint density at radius 1 is 1.00 bits per heavy atom. The van der Waals surface area contributed by atoms with Crippen LogP contribution in [0.5, 0.6) is 5.75 Å². The highest BCUT2D eigenvalue weighted by atomic mass is 19.1. The zero-order valence-corrected chi connectivity index (χ0v) is 19.1. The summed E-state index contributed by atoms with van der Waals surface area (Å²) in [6.45, 7) is 3.31. The second-order valence-electron chi connectivity index (χ2n) is 7.97. The molecule has 0 bridgehead atoms. The number of amides is 1. The summed E-state index contributed by atoms with van der Waals surface area (Å²) in [6.07, 6.45) is 0. The van der Waals surface area contributed by atoms with E-state index in [1.807, 2.05) is 54.6 Å². The van der Waals surface area contributed by atoms with Crippen LogP contribution in [0.25, 0.3) is 22.4 Å². The van der Waals surface area contributed by atoms with Crippen LogP contribution < -0.4 is 15.6 Å². The maximum Gasteiger partial charge on any atom is 0.268 e. The Morgan fingerprint density at radius 3 is 2.44 bits per heavy atom. The van der Waals surface area contributed by atoms with Crippen molar-refractivity contribution >= 4 is 11.6 Å². The first-order chi connectivity index (χ1) is 16.4. The van der Waals surface area contributed by atoms with Gasteiger partial charge in [0.1, 0.15) is 17.6 Å². The van der Waals surface area contributed by atoms with Crippen LogP contribution >= 0.6 is 0 Å². The molecule has 34 heavy (non-hydrogen) atoms. The number of rotatable bonds is 6. The molecule has 7 heteroatoms. The van der Waals surface area contributed by atoms with Crippen LogP contribution in [-0.4, -0.2) is 22.8 Å². The van der Waals surface area contributed by atoms with Gasteiger partial charge in [0, 0.05) is 22.9 Å². The molecule has 0 saturated heterocycles. The average Bonchev–Trinajstić information content (AvgIpc) is 2.83. The van der Waals surface area contributed by atoms with Crippen molar-refractivity contribution in [2.45, 2.75) is 19.9 Å². The number of aryl methyl sites for hydroxylation is 1. The predicted molar refractivity (Wildman–Crippen MR) is 130 cm³/mol. The lowest BCUT2D eigenvalue weighted by Gasteiger charge is -2.18. The van der Waals surface area contributed by atoms with Crippen LogP contribution in [0.4, 0.5) is 10.1 Å². The van der Waals surface area contributed by atoms with E-state index >= 15 is 0 Å². The van der Waals surface area contributed by atoms with E-state index in [1.165, 1.54) is 18.2 Å². The number of methoxy groups -OCH3 is 1. The van der Waals surface area contributed by atoms with Gasteiger partial charge < -0.3 is 10.1 Å². The zero-order chi connectivity index (χ0) is 24.2. The molecule has 4 aromatic rings. The third kappa shape index (κ3) is 4.88. The number of aromatic nitrogens is 2. The molecule has 1 heterocycles. The van der Waals surface area contributed by atoms with E-state index in [-0.39, 0.29) is 0 Å². The lowest BCUT2D eigenvalue weighted by atomic mass is 10.00. The molecule has 1 atom stereocenters. The summed E-state index contributed by atoms with van der Waals surface area (Å²) in [4.78, 5) is 26.0. The maximum atomic E-state index is 13.7. The molecule has 4 rings (SSSR count). The third-order valence-electron chi connectivity index (χ3n) is 5.44. The fraction of sp³-hybridized carbons (Fsp3) is 0.148. The van der Waals surface area contributed by atoms with Gasteiger partial charge in [0.25, 0.3) is 5.56 Å². The van der Waals surface area contributed by atoms with E-state index in [4.69, 9.17) is 4.74 Å². The number of carbonyl (C=O) groups is 1. The van der Waals surface area contributed by atoms with Gasteiger partial charge >= 0.3 is 0 Å². The number of halogens is 1. The molecule has 1 amide bonds. The highest BCUT2D eigenvalue weighted by Gasteiger charge is 2.21. The van der Waals surface area contributed by atoms with Crippen molar-refractivity contribution in [3.05, 3.63) is 101 Å². The van der Waals surface area contributed by atoms with Crippen molar-refractivity contribution in [2.24, 2.45) is 0 Å². The predicted octanol–water partition coefficient (Wildman–Crippen LogP) is 5.23. The van der Waals surface area contributed by atoms with Gasteiger partial charge in [0.15, 0.2) is 0 Å². The van der Waals surface area contributed by atoms with E-state index in [1.54, 1.807) is 27.0 Å². The summed E-state index contributed by atoms with van der Waals surface area (Å²) < 4.78 is 20.2. The van der Waals surface area contributed by atoms with Crippen molar-refractivity contribution in [2.75, 3.05) is 12.4 Å². The first-order valence-corrected chi connectivity index (χ1v) is 10.8. The van der Waals surface area contributed by atoms with Gasteiger partial charge in [0.2, 0.25) is 5.91 Å². The first kappa shape index (κ1) is 22.9. The van der Waals surface area contributed by atoms with Crippen LogP contribution in [0.1, 0.15) is 18.5 Å². The third-order valence-corrected chi connectivity index (χ3v) is 5.44. The maximum absolute atomic E-state index is 13.7. The Bertz CT molecular complexity index is 1380. The quantitative estimate of drug-likeness (QED) is 0.430. The topological polar surface area (TPSA) is 73.2 Å². The van der Waals surface area contributed by atoms with Crippen LogP contribution in [0.3, 0.4) is 0 Å². The Hall–Kier alpha value is -4.26. The van der Waals surface area contributed by atoms with Gasteiger partial charge in [-0.3, -0.25) is 9.59 Å².